The summed E-state index contributed by atoms with van der Waals surface area (Å²) in [6, 6.07) is 2.22. The molecular formula is C21H25ClN6OS. The lowest BCUT2D eigenvalue weighted by Gasteiger charge is -2.42. The van der Waals surface area contributed by atoms with Gasteiger partial charge in [-0.15, -0.1) is 0 Å². The zero-order valence-electron chi connectivity index (χ0n) is 16.9. The Morgan fingerprint density at radius 1 is 1.17 bits per heavy atom. The largest absolute Gasteiger partial charge is 0.480 e. The summed E-state index contributed by atoms with van der Waals surface area (Å²) in [6.45, 7) is 1.96. The van der Waals surface area contributed by atoms with Crippen LogP contribution in [0.15, 0.2) is 40.6 Å². The van der Waals surface area contributed by atoms with E-state index in [1.807, 2.05) is 24.7 Å². The molecule has 1 unspecified atom stereocenters. The molecule has 1 atom stereocenters. The van der Waals surface area contributed by atoms with Crippen molar-refractivity contribution in [3.63, 3.8) is 0 Å². The van der Waals surface area contributed by atoms with Gasteiger partial charge >= 0.3 is 0 Å². The molecule has 5 rings (SSSR count). The van der Waals surface area contributed by atoms with Crippen molar-refractivity contribution in [2.45, 2.75) is 47.9 Å². The minimum Gasteiger partial charge on any atom is -0.480 e. The van der Waals surface area contributed by atoms with Crippen molar-refractivity contribution in [2.75, 3.05) is 25.1 Å². The Labute approximate surface area is 185 Å². The van der Waals surface area contributed by atoms with Gasteiger partial charge in [0.05, 0.1) is 12.0 Å². The Hall–Kier alpha value is -2.03. The number of nitrogens with zero attached hydrogens (tertiary/aromatic N) is 5. The smallest absolute Gasteiger partial charge is 0.233 e. The number of rotatable bonds is 4. The summed E-state index contributed by atoms with van der Waals surface area (Å²) in [6.07, 6.45) is 13.3. The van der Waals surface area contributed by atoms with Crippen molar-refractivity contribution in [3.8, 4) is 5.88 Å². The first-order valence-electron chi connectivity index (χ1n) is 10.3. The summed E-state index contributed by atoms with van der Waals surface area (Å²) >= 11 is 7.95. The van der Waals surface area contributed by atoms with E-state index in [1.54, 1.807) is 13.3 Å². The maximum absolute atomic E-state index is 6.45. The summed E-state index contributed by atoms with van der Waals surface area (Å²) in [5.41, 5.74) is 7.65. The molecule has 7 nitrogen and oxygen atoms in total. The second-order valence-corrected chi connectivity index (χ2v) is 9.59. The van der Waals surface area contributed by atoms with Crippen LogP contribution in [0.5, 0.6) is 5.88 Å². The number of ether oxygens (including phenoxy) is 1. The van der Waals surface area contributed by atoms with Gasteiger partial charge in [-0.05, 0) is 37.2 Å². The van der Waals surface area contributed by atoms with Gasteiger partial charge in [-0.2, -0.15) is 0 Å². The lowest BCUT2D eigenvalue weighted by Crippen LogP contribution is -2.47. The molecule has 0 radical (unpaired) electrons. The average molecular weight is 445 g/mol. The zero-order valence-corrected chi connectivity index (χ0v) is 18.5. The van der Waals surface area contributed by atoms with Crippen molar-refractivity contribution in [2.24, 2.45) is 11.1 Å². The highest BCUT2D eigenvalue weighted by atomic mass is 35.5. The van der Waals surface area contributed by atoms with Gasteiger partial charge in [-0.25, -0.2) is 15.0 Å². The van der Waals surface area contributed by atoms with Gasteiger partial charge in [0, 0.05) is 48.8 Å². The normalized spacial score (nSPS) is 20.9. The summed E-state index contributed by atoms with van der Waals surface area (Å²) in [5, 5.41) is 0.494. The van der Waals surface area contributed by atoms with E-state index in [4.69, 9.17) is 27.1 Å². The van der Waals surface area contributed by atoms with E-state index in [2.05, 4.69) is 19.3 Å². The molecule has 2 N–H and O–H groups in total. The highest BCUT2D eigenvalue weighted by Gasteiger charge is 2.43. The molecule has 30 heavy (non-hydrogen) atoms. The van der Waals surface area contributed by atoms with Crippen LogP contribution >= 0.6 is 23.4 Å². The highest BCUT2D eigenvalue weighted by Crippen LogP contribution is 2.46. The van der Waals surface area contributed by atoms with E-state index in [1.165, 1.54) is 24.6 Å². The fourth-order valence-corrected chi connectivity index (χ4v) is 6.07. The maximum atomic E-state index is 6.45. The molecule has 0 amide bonds. The van der Waals surface area contributed by atoms with E-state index in [0.717, 1.165) is 53.7 Å². The number of imidazole rings is 1. The van der Waals surface area contributed by atoms with Crippen LogP contribution in [-0.2, 0) is 0 Å². The quantitative estimate of drug-likeness (QED) is 0.650. The first-order valence-corrected chi connectivity index (χ1v) is 11.5. The monoisotopic (exact) mass is 444 g/mol. The van der Waals surface area contributed by atoms with E-state index < -0.39 is 0 Å². The number of anilines is 1. The van der Waals surface area contributed by atoms with Crippen molar-refractivity contribution in [3.05, 3.63) is 35.9 Å². The predicted molar refractivity (Wildman–Crippen MR) is 119 cm³/mol. The number of methoxy groups -OCH3 is 1. The molecule has 4 heterocycles. The predicted octanol–water partition coefficient (Wildman–Crippen LogP) is 4.04. The minimum absolute atomic E-state index is 0.331. The Balaban J connectivity index is 1.41. The zero-order chi connectivity index (χ0) is 20.7. The van der Waals surface area contributed by atoms with Gasteiger partial charge in [0.25, 0.3) is 0 Å². The molecule has 1 aliphatic heterocycles. The third-order valence-electron chi connectivity index (χ3n) is 6.63. The molecule has 1 saturated heterocycles. The lowest BCUT2D eigenvalue weighted by molar-refractivity contribution is 0.197. The number of nitrogens with two attached hydrogens (primary N) is 1. The Bertz CT molecular complexity index is 1060. The number of halogens is 1. The molecule has 9 heteroatoms. The van der Waals surface area contributed by atoms with Crippen LogP contribution in [-0.4, -0.2) is 45.6 Å². The Morgan fingerprint density at radius 2 is 2.00 bits per heavy atom. The third-order valence-corrected chi connectivity index (χ3v) is 8.17. The summed E-state index contributed by atoms with van der Waals surface area (Å²) in [4.78, 5) is 17.7. The van der Waals surface area contributed by atoms with E-state index >= 15 is 0 Å². The van der Waals surface area contributed by atoms with Gasteiger partial charge in [0.15, 0.2) is 5.65 Å². The standard InChI is InChI=1S/C21H25ClN6OS/c1-29-19-17(22)14(4-8-25-19)30-15-13-26-20(28-12-9-24-18(15)28)27-10-6-21(7-11-27)5-2-3-16(21)23/h4,8-9,12-13,16H,2-3,5-7,10-11,23H2,1H3. The average Bonchev–Trinajstić information content (AvgIpc) is 3.39. The second-order valence-electron chi connectivity index (χ2n) is 8.13. The molecule has 2 fully saturated rings. The van der Waals surface area contributed by atoms with Gasteiger partial charge in [-0.3, -0.25) is 4.40 Å². The Kier molecular flexibility index (Phi) is 5.24. The molecule has 2 aliphatic rings. The fraction of sp³-hybridized carbons (Fsp3) is 0.476. The van der Waals surface area contributed by atoms with Crippen LogP contribution in [0.2, 0.25) is 5.02 Å². The van der Waals surface area contributed by atoms with E-state index in [9.17, 15) is 0 Å². The first kappa shape index (κ1) is 19.9. The topological polar surface area (TPSA) is 81.6 Å². The van der Waals surface area contributed by atoms with Crippen LogP contribution in [0.4, 0.5) is 5.95 Å². The van der Waals surface area contributed by atoms with Gasteiger partial charge in [-0.1, -0.05) is 29.8 Å². The molecule has 3 aromatic heterocycles. The Morgan fingerprint density at radius 3 is 2.73 bits per heavy atom. The van der Waals surface area contributed by atoms with E-state index in [-0.39, 0.29) is 0 Å². The molecule has 0 bridgehead atoms. The van der Waals surface area contributed by atoms with Crippen LogP contribution < -0.4 is 15.4 Å². The molecule has 0 aromatic carbocycles. The second kappa shape index (κ2) is 7.90. The summed E-state index contributed by atoms with van der Waals surface area (Å²) in [7, 11) is 1.56. The third kappa shape index (κ3) is 3.31. The highest BCUT2D eigenvalue weighted by molar-refractivity contribution is 7.99. The molecule has 1 saturated carbocycles. The van der Waals surface area contributed by atoms with E-state index in [0.29, 0.717) is 22.4 Å². The van der Waals surface area contributed by atoms with Crippen molar-refractivity contribution in [1.82, 2.24) is 19.4 Å². The van der Waals surface area contributed by atoms with Crippen LogP contribution in [0.1, 0.15) is 32.1 Å². The number of hydrogen-bond acceptors (Lipinski definition) is 7. The van der Waals surface area contributed by atoms with Crippen molar-refractivity contribution in [1.29, 1.82) is 0 Å². The van der Waals surface area contributed by atoms with Gasteiger partial charge in [0.2, 0.25) is 11.8 Å². The SMILES string of the molecule is COc1nccc(Sc2cnc(N3CCC4(CCCC4N)CC3)n3ccnc23)c1Cl. The molecular weight excluding hydrogens is 420 g/mol. The molecule has 3 aromatic rings. The minimum atomic E-state index is 0.331. The summed E-state index contributed by atoms with van der Waals surface area (Å²) < 4.78 is 7.30. The first-order chi connectivity index (χ1) is 14.6. The molecule has 1 aliphatic carbocycles. The number of pyridine rings is 1. The van der Waals surface area contributed by atoms with Crippen molar-refractivity contribution >= 4 is 35.0 Å². The lowest BCUT2D eigenvalue weighted by atomic mass is 9.74. The van der Waals surface area contributed by atoms with Crippen molar-refractivity contribution < 1.29 is 4.74 Å². The number of fused-ring (bicyclic) bond motifs is 1. The molecule has 158 valence electrons. The van der Waals surface area contributed by atoms with Crippen LogP contribution in [0.25, 0.3) is 5.65 Å². The fourth-order valence-electron chi connectivity index (χ4n) is 4.88. The number of piperidine rings is 1. The maximum Gasteiger partial charge on any atom is 0.233 e. The summed E-state index contributed by atoms with van der Waals surface area (Å²) in [5.74, 6) is 1.35. The number of aromatic nitrogens is 4. The van der Waals surface area contributed by atoms with Gasteiger partial charge < -0.3 is 15.4 Å². The number of hydrogen-bond donors (Lipinski definition) is 1. The van der Waals surface area contributed by atoms with Gasteiger partial charge in [0.1, 0.15) is 5.02 Å². The molecule has 1 spiro atoms. The van der Waals surface area contributed by atoms with Crippen LogP contribution in [0.3, 0.4) is 0 Å². The van der Waals surface area contributed by atoms with Crippen LogP contribution in [0, 0.1) is 5.41 Å².